The van der Waals surface area contributed by atoms with Gasteiger partial charge in [-0.2, -0.15) is 0 Å². The molecule has 27 heteroatoms. The number of amides is 1. The number of carboxylic acids is 1. The smallest absolute Gasteiger partial charge is 0.335 e. The van der Waals surface area contributed by atoms with Crippen LogP contribution in [0.4, 0.5) is 0 Å². The molecule has 340 valence electrons. The summed E-state index contributed by atoms with van der Waals surface area (Å²) in [6.07, 6.45) is -47.1. The van der Waals surface area contributed by atoms with Crippen LogP contribution in [0.3, 0.4) is 0 Å². The highest BCUT2D eigenvalue weighted by atomic mass is 16.8. The number of carbonyl (C=O) groups is 2. The first kappa shape index (κ1) is 46.5. The molecule has 0 aromatic carbocycles. The Morgan fingerprint density at radius 1 is 0.475 bits per heavy atom. The van der Waals surface area contributed by atoms with Gasteiger partial charge in [0.1, 0.15) is 116 Å². The maximum absolute atomic E-state index is 12.4. The van der Waals surface area contributed by atoms with Gasteiger partial charge in [-0.3, -0.25) is 4.79 Å². The number of carbonyl (C=O) groups excluding carboxylic acids is 1. The van der Waals surface area contributed by atoms with E-state index in [4.69, 9.17) is 47.4 Å². The van der Waals surface area contributed by atoms with E-state index in [1.165, 1.54) is 0 Å². The highest BCUT2D eigenvalue weighted by Crippen LogP contribution is 2.35. The third-order valence-electron chi connectivity index (χ3n) is 10.9. The van der Waals surface area contributed by atoms with Crippen LogP contribution in [0.2, 0.25) is 0 Å². The summed E-state index contributed by atoms with van der Waals surface area (Å²) in [5, 5.41) is 153. The fourth-order valence-electron chi connectivity index (χ4n) is 7.60. The number of rotatable bonds is 4. The molecule has 0 aromatic rings. The predicted molar refractivity (Wildman–Crippen MR) is 175 cm³/mol. The Kier molecular flexibility index (Phi) is 15.1. The molecule has 9 aliphatic heterocycles. The Hall–Kier alpha value is -1.98. The average molecular weight is 866 g/mol. The normalized spacial score (nSPS) is 52.6. The number of hydrogen-bond acceptors (Lipinski definition) is 25. The number of aliphatic carboxylic acids is 1. The van der Waals surface area contributed by atoms with Crippen molar-refractivity contribution in [2.75, 3.05) is 26.4 Å². The largest absolute Gasteiger partial charge is 0.479 e. The fourth-order valence-corrected chi connectivity index (χ4v) is 7.60. The van der Waals surface area contributed by atoms with E-state index >= 15 is 0 Å². The Morgan fingerprint density at radius 3 is 1.44 bits per heavy atom. The van der Waals surface area contributed by atoms with E-state index in [2.05, 4.69) is 5.32 Å². The van der Waals surface area contributed by atoms with Gasteiger partial charge in [0, 0.05) is 6.92 Å². The summed E-state index contributed by atoms with van der Waals surface area (Å²) in [7, 11) is 0. The molecule has 9 saturated heterocycles. The van der Waals surface area contributed by atoms with Crippen molar-refractivity contribution in [3.63, 3.8) is 0 Å². The van der Waals surface area contributed by atoms with Gasteiger partial charge >= 0.3 is 5.97 Å². The lowest BCUT2D eigenvalue weighted by Crippen LogP contribution is -2.69. The Balaban J connectivity index is 1.37. The van der Waals surface area contributed by atoms with Gasteiger partial charge < -0.3 is 124 Å². The van der Waals surface area contributed by atoms with E-state index in [0.717, 1.165) is 6.92 Å². The minimum atomic E-state index is -2.22. The fraction of sp³-hybridized carbons (Fsp3) is 0.938. The lowest BCUT2D eigenvalue weighted by Gasteiger charge is -2.49. The molecule has 9 rings (SSSR count). The molecule has 9 heterocycles. The molecule has 0 aliphatic carbocycles. The Bertz CT molecular complexity index is 1420. The second-order valence-electron chi connectivity index (χ2n) is 14.9. The maximum Gasteiger partial charge on any atom is 0.335 e. The van der Waals surface area contributed by atoms with Crippen molar-refractivity contribution in [1.29, 1.82) is 0 Å². The Morgan fingerprint density at radius 2 is 0.915 bits per heavy atom. The summed E-state index contributed by atoms with van der Waals surface area (Å²) in [5.41, 5.74) is 0. The third kappa shape index (κ3) is 9.38. The zero-order valence-electron chi connectivity index (χ0n) is 30.9. The van der Waals surface area contributed by atoms with Gasteiger partial charge in [0.25, 0.3) is 0 Å². The van der Waals surface area contributed by atoms with Crippen LogP contribution < -0.4 is 5.32 Å². The average Bonchev–Trinajstić information content (AvgIpc) is 3.20. The summed E-state index contributed by atoms with van der Waals surface area (Å²) >= 11 is 0. The lowest BCUT2D eigenvalue weighted by molar-refractivity contribution is -0.382. The quantitative estimate of drug-likeness (QED) is 0.125. The van der Waals surface area contributed by atoms with E-state index in [1.807, 2.05) is 0 Å². The van der Waals surface area contributed by atoms with Gasteiger partial charge in [-0.1, -0.05) is 0 Å². The van der Waals surface area contributed by atoms with E-state index in [9.17, 15) is 81.1 Å². The van der Waals surface area contributed by atoms with Crippen molar-refractivity contribution in [2.45, 2.75) is 160 Å². The number of ether oxygens (including phenoxy) is 10. The minimum absolute atomic E-state index is 0.774. The van der Waals surface area contributed by atoms with Crippen molar-refractivity contribution in [3.05, 3.63) is 0 Å². The van der Waals surface area contributed by atoms with Gasteiger partial charge in [0.2, 0.25) is 5.91 Å². The molecule has 0 aromatic heterocycles. The number of hydrogen-bond donors (Lipinski definition) is 15. The van der Waals surface area contributed by atoms with Gasteiger partial charge in [-0.05, 0) is 0 Å². The van der Waals surface area contributed by atoms with Gasteiger partial charge in [0.05, 0.1) is 26.4 Å². The highest BCUT2D eigenvalue weighted by molar-refractivity contribution is 5.73. The summed E-state index contributed by atoms with van der Waals surface area (Å²) in [6, 6.07) is -1.59. The number of carboxylic acid groups (broad SMARTS) is 1. The number of nitrogens with one attached hydrogen (secondary N) is 1. The summed E-state index contributed by atoms with van der Waals surface area (Å²) in [5.74, 6) is -2.58. The van der Waals surface area contributed by atoms with Crippen LogP contribution >= 0.6 is 0 Å². The zero-order chi connectivity index (χ0) is 43.2. The molecule has 59 heavy (non-hydrogen) atoms. The molecule has 0 spiro atoms. The molecule has 9 aliphatic rings. The van der Waals surface area contributed by atoms with Crippen LogP contribution in [0.5, 0.6) is 0 Å². The minimum Gasteiger partial charge on any atom is -0.479 e. The van der Waals surface area contributed by atoms with Crippen molar-refractivity contribution in [3.8, 4) is 0 Å². The molecule has 15 N–H and O–H groups in total. The molecule has 25 atom stereocenters. The van der Waals surface area contributed by atoms with Crippen molar-refractivity contribution >= 4 is 11.9 Å². The third-order valence-corrected chi connectivity index (χ3v) is 10.9. The molecule has 0 saturated carbocycles. The summed E-state index contributed by atoms with van der Waals surface area (Å²) in [6.45, 7) is -2.54. The van der Waals surface area contributed by atoms with E-state index in [-0.39, 0.29) is 0 Å². The number of aliphatic hydroxyl groups excluding tert-OH is 13. The van der Waals surface area contributed by atoms with Crippen LogP contribution in [0.15, 0.2) is 0 Å². The first-order chi connectivity index (χ1) is 27.9. The molecular weight excluding hydrogens is 814 g/mol. The molecule has 0 unspecified atom stereocenters. The van der Waals surface area contributed by atoms with Crippen LogP contribution in [0, 0.1) is 0 Å². The van der Waals surface area contributed by atoms with E-state index in [1.54, 1.807) is 0 Å². The van der Waals surface area contributed by atoms with Crippen molar-refractivity contribution < 1.29 is 128 Å². The van der Waals surface area contributed by atoms with Gasteiger partial charge in [0.15, 0.2) is 37.6 Å². The van der Waals surface area contributed by atoms with Crippen LogP contribution in [-0.2, 0) is 57.0 Å². The first-order valence-corrected chi connectivity index (χ1v) is 18.6. The zero-order valence-corrected chi connectivity index (χ0v) is 30.9. The van der Waals surface area contributed by atoms with E-state index in [0.29, 0.717) is 0 Å². The second kappa shape index (κ2) is 19.2. The van der Waals surface area contributed by atoms with Gasteiger partial charge in [-0.25, -0.2) is 4.79 Å². The SMILES string of the molecule is CC(=O)N[C@H]1[C@H]2OC[C@H]3O[C@H](O[C@H]4[C@H](O)[C@@H](O)[C@H](OC[C@H]5O[C@@H](O[C@@H]6[C@H](O)[C@@H](O)[C@H](O[C@H]1[C@@H](O)[C@@H](CO)O2)O[C@@H]6CO)[C@H](O)[C@@H](O)[C@H]5O)O[C@@H]4C(=O)O)[C@H](O)[C@@H](O)[C@@H]3O. The molecule has 10 bridgehead atoms. The highest BCUT2D eigenvalue weighted by Gasteiger charge is 2.57. The lowest BCUT2D eigenvalue weighted by atomic mass is 9.94. The second-order valence-corrected chi connectivity index (χ2v) is 14.9. The van der Waals surface area contributed by atoms with E-state index < -0.39 is 192 Å². The predicted octanol–water partition coefficient (Wildman–Crippen LogP) is -10.6. The first-order valence-electron chi connectivity index (χ1n) is 18.6. The van der Waals surface area contributed by atoms with Crippen LogP contribution in [0.25, 0.3) is 0 Å². The van der Waals surface area contributed by atoms with Crippen molar-refractivity contribution in [1.82, 2.24) is 5.32 Å². The summed E-state index contributed by atoms with van der Waals surface area (Å²) < 4.78 is 56.3. The number of aliphatic hydroxyl groups is 13. The maximum atomic E-state index is 12.4. The van der Waals surface area contributed by atoms with Crippen LogP contribution in [0.1, 0.15) is 6.92 Å². The molecule has 9 fully saturated rings. The molecular formula is C32H51NO26. The topological polar surface area (TPSA) is 422 Å². The van der Waals surface area contributed by atoms with Crippen molar-refractivity contribution in [2.24, 2.45) is 0 Å². The Labute approximate surface area is 332 Å². The standard InChI is InChI=1S/C32H51NO26/c1-6(36)33-11-24-14(39)7(2-34)52-28(11)50-4-9-12(37)16(41)20(45)31(55-9)58-25-18(43)21(46)29(59-26(25)27(48)49)51-5-10-13(38)15(40)19(44)30(54-10)56-23-8(3-35)53-32(57-24)22(47)17(23)42/h7-26,28-32,34-35,37-47H,2-5H2,1H3,(H,33,36)(H,48,49)/t7-,8-,9-,10-,11-,12-,13+,14+,15+,16+,17-,18-,19-,20-,21-,22-,23+,24-,25+,26+,28+,29-,30+,31-,32+/m1/s1. The summed E-state index contributed by atoms with van der Waals surface area (Å²) in [4.78, 5) is 24.8. The molecule has 1 amide bonds. The molecule has 0 radical (unpaired) electrons. The molecule has 27 nitrogen and oxygen atoms in total. The monoisotopic (exact) mass is 865 g/mol. The van der Waals surface area contributed by atoms with Crippen LogP contribution in [-0.4, -0.2) is 263 Å². The van der Waals surface area contributed by atoms with Gasteiger partial charge in [-0.15, -0.1) is 0 Å².